The fraction of sp³-hybridized carbons (Fsp3) is 0.154. The minimum Gasteiger partial charge on any atom is -0.356 e. The van der Waals surface area contributed by atoms with E-state index < -0.39 is 11.6 Å². The number of hydrogen-bond donors (Lipinski definition) is 0. The van der Waals surface area contributed by atoms with Crippen LogP contribution in [0.25, 0.3) is 0 Å². The molecular formula is C13H12F2N2O. The first-order valence-electron chi connectivity index (χ1n) is 5.34. The lowest BCUT2D eigenvalue weighted by Crippen LogP contribution is -2.26. The molecule has 0 fully saturated rings. The van der Waals surface area contributed by atoms with Crippen LogP contribution in [0.3, 0.4) is 0 Å². The molecule has 2 rings (SSSR count). The molecular weight excluding hydrogens is 238 g/mol. The second-order valence-corrected chi connectivity index (χ2v) is 4.03. The Morgan fingerprint density at radius 1 is 1.28 bits per heavy atom. The second-order valence-electron chi connectivity index (χ2n) is 4.03. The number of amides is 1. The monoisotopic (exact) mass is 250 g/mol. The first-order valence-corrected chi connectivity index (χ1v) is 5.34. The second kappa shape index (κ2) is 4.60. The molecule has 0 atom stereocenters. The fourth-order valence-corrected chi connectivity index (χ4v) is 1.69. The molecule has 0 saturated carbocycles. The van der Waals surface area contributed by atoms with E-state index in [0.717, 1.165) is 17.0 Å². The van der Waals surface area contributed by atoms with Gasteiger partial charge in [0, 0.05) is 32.6 Å². The van der Waals surface area contributed by atoms with E-state index >= 15 is 0 Å². The summed E-state index contributed by atoms with van der Waals surface area (Å²) in [6.45, 7) is 0. The molecule has 0 aliphatic rings. The van der Waals surface area contributed by atoms with Gasteiger partial charge in [-0.2, -0.15) is 0 Å². The molecule has 94 valence electrons. The van der Waals surface area contributed by atoms with Crippen LogP contribution >= 0.6 is 0 Å². The first kappa shape index (κ1) is 12.3. The summed E-state index contributed by atoms with van der Waals surface area (Å²) in [4.78, 5) is 13.2. The number of rotatable bonds is 2. The largest absolute Gasteiger partial charge is 0.356 e. The smallest absolute Gasteiger partial charge is 0.259 e. The van der Waals surface area contributed by atoms with Crippen LogP contribution < -0.4 is 4.90 Å². The number of halogens is 2. The number of hydrogen-bond acceptors (Lipinski definition) is 1. The Bertz CT molecular complexity index is 592. The third-order valence-corrected chi connectivity index (χ3v) is 2.65. The van der Waals surface area contributed by atoms with Gasteiger partial charge in [-0.1, -0.05) is 0 Å². The predicted octanol–water partition coefficient (Wildman–Crippen LogP) is 2.58. The molecule has 0 unspecified atom stereocenters. The summed E-state index contributed by atoms with van der Waals surface area (Å²) >= 11 is 0. The van der Waals surface area contributed by atoms with Crippen LogP contribution in [-0.2, 0) is 7.05 Å². The summed E-state index contributed by atoms with van der Waals surface area (Å²) < 4.78 is 28.1. The third kappa shape index (κ3) is 2.25. The van der Waals surface area contributed by atoms with Gasteiger partial charge in [-0.25, -0.2) is 8.78 Å². The molecule has 1 aromatic heterocycles. The van der Waals surface area contributed by atoms with Gasteiger partial charge in [0.2, 0.25) is 0 Å². The molecule has 0 N–H and O–H groups in total. The van der Waals surface area contributed by atoms with E-state index in [1.807, 2.05) is 0 Å². The molecule has 0 spiro atoms. The molecule has 0 bridgehead atoms. The van der Waals surface area contributed by atoms with Crippen molar-refractivity contribution in [3.05, 3.63) is 53.9 Å². The van der Waals surface area contributed by atoms with Crippen molar-refractivity contribution >= 4 is 11.6 Å². The Labute approximate surface area is 103 Å². The molecule has 5 heteroatoms. The van der Waals surface area contributed by atoms with E-state index in [4.69, 9.17) is 0 Å². The summed E-state index contributed by atoms with van der Waals surface area (Å²) in [5, 5.41) is 0. The third-order valence-electron chi connectivity index (χ3n) is 2.65. The van der Waals surface area contributed by atoms with Crippen LogP contribution in [-0.4, -0.2) is 17.5 Å². The van der Waals surface area contributed by atoms with Crippen molar-refractivity contribution in [1.29, 1.82) is 0 Å². The van der Waals surface area contributed by atoms with Gasteiger partial charge >= 0.3 is 0 Å². The van der Waals surface area contributed by atoms with Crippen LogP contribution in [0.5, 0.6) is 0 Å². The van der Waals surface area contributed by atoms with Crippen molar-refractivity contribution in [3.8, 4) is 0 Å². The molecule has 18 heavy (non-hydrogen) atoms. The van der Waals surface area contributed by atoms with Gasteiger partial charge in [0.05, 0.1) is 11.3 Å². The van der Waals surface area contributed by atoms with Gasteiger partial charge in [-0.15, -0.1) is 0 Å². The van der Waals surface area contributed by atoms with Gasteiger partial charge in [-0.05, 0) is 18.2 Å². The summed E-state index contributed by atoms with van der Waals surface area (Å²) in [5.41, 5.74) is 0.494. The van der Waals surface area contributed by atoms with Crippen LogP contribution in [0.2, 0.25) is 0 Å². The van der Waals surface area contributed by atoms with Crippen LogP contribution in [0.15, 0.2) is 36.7 Å². The number of carbonyl (C=O) groups excluding carboxylic acids is 1. The molecule has 1 amide bonds. The number of aromatic nitrogens is 1. The Morgan fingerprint density at radius 2 is 2.00 bits per heavy atom. The molecule has 0 aliphatic heterocycles. The quantitative estimate of drug-likeness (QED) is 0.804. The highest BCUT2D eigenvalue weighted by atomic mass is 19.1. The van der Waals surface area contributed by atoms with Gasteiger partial charge in [0.25, 0.3) is 5.91 Å². The maximum absolute atomic E-state index is 13.5. The first-order chi connectivity index (χ1) is 8.49. The van der Waals surface area contributed by atoms with Gasteiger partial charge in [0.1, 0.15) is 11.6 Å². The number of anilines is 1. The molecule has 3 nitrogen and oxygen atoms in total. The van der Waals surface area contributed by atoms with Gasteiger partial charge in [-0.3, -0.25) is 4.79 Å². The lowest BCUT2D eigenvalue weighted by molar-refractivity contribution is 0.0992. The maximum Gasteiger partial charge on any atom is 0.259 e. The van der Waals surface area contributed by atoms with Crippen molar-refractivity contribution in [3.63, 3.8) is 0 Å². The number of carbonyl (C=O) groups is 1. The lowest BCUT2D eigenvalue weighted by atomic mass is 10.2. The van der Waals surface area contributed by atoms with Crippen LogP contribution in [0.1, 0.15) is 10.4 Å². The molecule has 0 radical (unpaired) electrons. The standard InChI is InChI=1S/C13H12F2N2O/c1-16-6-5-9(8-16)13(18)17(2)12-4-3-10(14)7-11(12)15/h3-8H,1-2H3. The van der Waals surface area contributed by atoms with E-state index in [2.05, 4.69) is 0 Å². The SMILES string of the molecule is CN(C(=O)c1ccn(C)c1)c1ccc(F)cc1F. The maximum atomic E-state index is 13.5. The highest BCUT2D eigenvalue weighted by molar-refractivity contribution is 6.05. The van der Waals surface area contributed by atoms with Gasteiger partial charge < -0.3 is 9.47 Å². The Morgan fingerprint density at radius 3 is 2.56 bits per heavy atom. The van der Waals surface area contributed by atoms with E-state index in [9.17, 15) is 13.6 Å². The van der Waals surface area contributed by atoms with E-state index in [0.29, 0.717) is 5.56 Å². The zero-order valence-electron chi connectivity index (χ0n) is 10.0. The zero-order valence-corrected chi connectivity index (χ0v) is 10.0. The highest BCUT2D eigenvalue weighted by Gasteiger charge is 2.17. The number of aryl methyl sites for hydroxylation is 1. The summed E-state index contributed by atoms with van der Waals surface area (Å²) in [6, 6.07) is 4.75. The van der Waals surface area contributed by atoms with Gasteiger partial charge in [0.15, 0.2) is 0 Å². The van der Waals surface area contributed by atoms with E-state index in [1.54, 1.807) is 30.1 Å². The summed E-state index contributed by atoms with van der Waals surface area (Å²) in [7, 11) is 3.24. The molecule has 0 saturated heterocycles. The van der Waals surface area contributed by atoms with Crippen molar-refractivity contribution in [2.75, 3.05) is 11.9 Å². The molecule has 1 heterocycles. The molecule has 0 aliphatic carbocycles. The van der Waals surface area contributed by atoms with E-state index in [1.165, 1.54) is 13.1 Å². The molecule has 2 aromatic rings. The topological polar surface area (TPSA) is 25.2 Å². The average Bonchev–Trinajstić information content (AvgIpc) is 2.74. The zero-order chi connectivity index (χ0) is 13.3. The summed E-state index contributed by atoms with van der Waals surface area (Å²) in [5.74, 6) is -1.78. The highest BCUT2D eigenvalue weighted by Crippen LogP contribution is 2.20. The Kier molecular flexibility index (Phi) is 3.14. The van der Waals surface area contributed by atoms with Crippen molar-refractivity contribution in [2.24, 2.45) is 7.05 Å². The van der Waals surface area contributed by atoms with E-state index in [-0.39, 0.29) is 11.6 Å². The van der Waals surface area contributed by atoms with Crippen LogP contribution in [0, 0.1) is 11.6 Å². The van der Waals surface area contributed by atoms with Crippen molar-refractivity contribution in [2.45, 2.75) is 0 Å². The molecule has 1 aromatic carbocycles. The minimum atomic E-state index is -0.762. The van der Waals surface area contributed by atoms with Crippen molar-refractivity contribution in [1.82, 2.24) is 4.57 Å². The summed E-state index contributed by atoms with van der Waals surface area (Å²) in [6.07, 6.45) is 3.36. The van der Waals surface area contributed by atoms with Crippen molar-refractivity contribution < 1.29 is 13.6 Å². The predicted molar refractivity (Wildman–Crippen MR) is 64.5 cm³/mol. The Balaban J connectivity index is 2.31. The Hall–Kier alpha value is -2.17. The normalized spacial score (nSPS) is 10.4. The number of nitrogens with zero attached hydrogens (tertiary/aromatic N) is 2. The lowest BCUT2D eigenvalue weighted by Gasteiger charge is -2.17. The minimum absolute atomic E-state index is 0.0465. The fourth-order valence-electron chi connectivity index (χ4n) is 1.69. The average molecular weight is 250 g/mol. The van der Waals surface area contributed by atoms with Crippen LogP contribution in [0.4, 0.5) is 14.5 Å². The number of benzene rings is 1.